The minimum Gasteiger partial charge on any atom is -0.314 e. The van der Waals surface area contributed by atoms with Gasteiger partial charge in [0.25, 0.3) is 0 Å². The molecule has 1 rings (SSSR count). The Morgan fingerprint density at radius 1 is 1.10 bits per heavy atom. The number of hydrogen-bond acceptors (Lipinski definition) is 1. The average molecular weight is 362 g/mol. The Kier molecular flexibility index (Phi) is 9.09. The van der Waals surface area contributed by atoms with Crippen molar-refractivity contribution in [2.24, 2.45) is 0 Å². The van der Waals surface area contributed by atoms with Crippen molar-refractivity contribution < 1.29 is 8.78 Å². The van der Waals surface area contributed by atoms with Crippen LogP contribution >= 0.6 is 15.9 Å². The lowest BCUT2D eigenvalue weighted by atomic mass is 9.99. The SMILES string of the molecule is CCCCCCCC(Cc1c(F)ccc(Br)c1F)NCC. The molecule has 0 saturated carbocycles. The summed E-state index contributed by atoms with van der Waals surface area (Å²) in [6.07, 6.45) is 7.40. The van der Waals surface area contributed by atoms with Gasteiger partial charge in [0.2, 0.25) is 0 Å². The number of hydrogen-bond donors (Lipinski definition) is 1. The smallest absolute Gasteiger partial charge is 0.143 e. The van der Waals surface area contributed by atoms with Crippen LogP contribution in [0.15, 0.2) is 16.6 Å². The molecule has 0 saturated heterocycles. The third kappa shape index (κ3) is 6.43. The number of nitrogens with one attached hydrogen (secondary N) is 1. The molecule has 0 bridgehead atoms. The van der Waals surface area contributed by atoms with Gasteiger partial charge in [0.05, 0.1) is 4.47 Å². The van der Waals surface area contributed by atoms with Crippen LogP contribution in [0.25, 0.3) is 0 Å². The van der Waals surface area contributed by atoms with E-state index >= 15 is 0 Å². The van der Waals surface area contributed by atoms with Gasteiger partial charge in [-0.1, -0.05) is 46.0 Å². The molecule has 1 unspecified atom stereocenters. The Morgan fingerprint density at radius 3 is 2.48 bits per heavy atom. The first-order valence-corrected chi connectivity index (χ1v) is 8.75. The van der Waals surface area contributed by atoms with E-state index in [2.05, 4.69) is 28.2 Å². The first kappa shape index (κ1) is 18.6. The molecule has 0 spiro atoms. The second-order valence-corrected chi connectivity index (χ2v) is 6.34. The van der Waals surface area contributed by atoms with Crippen molar-refractivity contribution in [2.45, 2.75) is 64.8 Å². The summed E-state index contributed by atoms with van der Waals surface area (Å²) in [5, 5.41) is 3.35. The van der Waals surface area contributed by atoms with Crippen molar-refractivity contribution in [1.29, 1.82) is 0 Å². The molecular formula is C17H26BrF2N. The van der Waals surface area contributed by atoms with Gasteiger partial charge in [0.15, 0.2) is 0 Å². The first-order chi connectivity index (χ1) is 10.1. The van der Waals surface area contributed by atoms with Crippen LogP contribution in [0.3, 0.4) is 0 Å². The van der Waals surface area contributed by atoms with Gasteiger partial charge in [-0.05, 0) is 47.4 Å². The lowest BCUT2D eigenvalue weighted by molar-refractivity contribution is 0.442. The quantitative estimate of drug-likeness (QED) is 0.421. The maximum absolute atomic E-state index is 14.0. The van der Waals surface area contributed by atoms with Crippen LogP contribution in [-0.2, 0) is 6.42 Å². The minimum absolute atomic E-state index is 0.134. The monoisotopic (exact) mass is 361 g/mol. The first-order valence-electron chi connectivity index (χ1n) is 7.95. The van der Waals surface area contributed by atoms with Crippen molar-refractivity contribution >= 4 is 15.9 Å². The maximum atomic E-state index is 14.0. The van der Waals surface area contributed by atoms with Crippen molar-refractivity contribution in [3.05, 3.63) is 33.8 Å². The summed E-state index contributed by atoms with van der Waals surface area (Å²) < 4.78 is 28.2. The van der Waals surface area contributed by atoms with E-state index in [0.717, 1.165) is 19.4 Å². The van der Waals surface area contributed by atoms with E-state index < -0.39 is 11.6 Å². The average Bonchev–Trinajstić information content (AvgIpc) is 2.47. The van der Waals surface area contributed by atoms with Crippen molar-refractivity contribution in [1.82, 2.24) is 5.32 Å². The molecule has 1 aromatic rings. The highest BCUT2D eigenvalue weighted by Crippen LogP contribution is 2.23. The molecule has 0 fully saturated rings. The summed E-state index contributed by atoms with van der Waals surface area (Å²) in [6.45, 7) is 5.04. The lowest BCUT2D eigenvalue weighted by Gasteiger charge is -2.19. The van der Waals surface area contributed by atoms with E-state index in [0.29, 0.717) is 10.9 Å². The largest absolute Gasteiger partial charge is 0.314 e. The molecule has 1 N–H and O–H groups in total. The van der Waals surface area contributed by atoms with E-state index in [-0.39, 0.29) is 11.6 Å². The number of rotatable bonds is 10. The van der Waals surface area contributed by atoms with Gasteiger partial charge in [0.1, 0.15) is 11.6 Å². The Morgan fingerprint density at radius 2 is 1.81 bits per heavy atom. The van der Waals surface area contributed by atoms with Crippen molar-refractivity contribution in [2.75, 3.05) is 6.54 Å². The van der Waals surface area contributed by atoms with E-state index in [1.54, 1.807) is 0 Å². The molecule has 0 heterocycles. The Bertz CT molecular complexity index is 423. The Balaban J connectivity index is 2.59. The summed E-state index contributed by atoms with van der Waals surface area (Å²) in [5.41, 5.74) is 0.184. The predicted octanol–water partition coefficient (Wildman–Crippen LogP) is 5.61. The summed E-state index contributed by atoms with van der Waals surface area (Å²) in [7, 11) is 0. The zero-order chi connectivity index (χ0) is 15.7. The second kappa shape index (κ2) is 10.3. The molecule has 1 nitrogen and oxygen atoms in total. The van der Waals surface area contributed by atoms with Crippen LogP contribution in [0.2, 0.25) is 0 Å². The van der Waals surface area contributed by atoms with Gasteiger partial charge in [-0.3, -0.25) is 0 Å². The van der Waals surface area contributed by atoms with Crippen LogP contribution in [0.4, 0.5) is 8.78 Å². The van der Waals surface area contributed by atoms with Gasteiger partial charge in [-0.2, -0.15) is 0 Å². The highest BCUT2D eigenvalue weighted by Gasteiger charge is 2.17. The summed E-state index contributed by atoms with van der Waals surface area (Å²) in [5.74, 6) is -0.923. The van der Waals surface area contributed by atoms with Crippen LogP contribution in [-0.4, -0.2) is 12.6 Å². The van der Waals surface area contributed by atoms with Gasteiger partial charge in [-0.15, -0.1) is 0 Å². The predicted molar refractivity (Wildman–Crippen MR) is 88.6 cm³/mol. The van der Waals surface area contributed by atoms with Crippen LogP contribution in [0.1, 0.15) is 57.9 Å². The zero-order valence-corrected chi connectivity index (χ0v) is 14.6. The molecule has 0 aromatic heterocycles. The fourth-order valence-electron chi connectivity index (χ4n) is 2.56. The fourth-order valence-corrected chi connectivity index (χ4v) is 2.93. The molecule has 0 aliphatic carbocycles. The Hall–Kier alpha value is -0.480. The molecule has 1 aromatic carbocycles. The molecule has 0 amide bonds. The number of likely N-dealkylation sites (N-methyl/N-ethyl adjacent to an activating group) is 1. The van der Waals surface area contributed by atoms with E-state index in [1.165, 1.54) is 37.8 Å². The molecular weight excluding hydrogens is 336 g/mol. The van der Waals surface area contributed by atoms with Crippen LogP contribution < -0.4 is 5.32 Å². The number of unbranched alkanes of at least 4 members (excludes halogenated alkanes) is 4. The molecule has 120 valence electrons. The second-order valence-electron chi connectivity index (χ2n) is 5.48. The van der Waals surface area contributed by atoms with E-state index in [1.807, 2.05) is 6.92 Å². The highest BCUT2D eigenvalue weighted by atomic mass is 79.9. The standard InChI is InChI=1S/C17H26BrF2N/c1-3-5-6-7-8-9-13(21-4-2)12-14-16(19)11-10-15(18)17(14)20/h10-11,13,21H,3-9,12H2,1-2H3. The molecule has 21 heavy (non-hydrogen) atoms. The topological polar surface area (TPSA) is 12.0 Å². The molecule has 4 heteroatoms. The van der Waals surface area contributed by atoms with Gasteiger partial charge in [0, 0.05) is 11.6 Å². The third-order valence-corrected chi connectivity index (χ3v) is 4.35. The van der Waals surface area contributed by atoms with E-state index in [4.69, 9.17) is 0 Å². The van der Waals surface area contributed by atoms with Crippen LogP contribution in [0, 0.1) is 11.6 Å². The Labute approximate surface area is 135 Å². The third-order valence-electron chi connectivity index (χ3n) is 3.74. The van der Waals surface area contributed by atoms with Crippen LogP contribution in [0.5, 0.6) is 0 Å². The number of halogens is 3. The summed E-state index contributed by atoms with van der Waals surface area (Å²) in [4.78, 5) is 0. The normalized spacial score (nSPS) is 12.6. The fraction of sp³-hybridized carbons (Fsp3) is 0.647. The van der Waals surface area contributed by atoms with Crippen molar-refractivity contribution in [3.63, 3.8) is 0 Å². The van der Waals surface area contributed by atoms with Crippen molar-refractivity contribution in [3.8, 4) is 0 Å². The molecule has 1 atom stereocenters. The highest BCUT2D eigenvalue weighted by molar-refractivity contribution is 9.10. The minimum atomic E-state index is -0.469. The maximum Gasteiger partial charge on any atom is 0.143 e. The lowest BCUT2D eigenvalue weighted by Crippen LogP contribution is -2.31. The van der Waals surface area contributed by atoms with Gasteiger partial charge >= 0.3 is 0 Å². The molecule has 0 radical (unpaired) electrons. The molecule has 0 aliphatic rings. The summed E-state index contributed by atoms with van der Waals surface area (Å²) >= 11 is 3.13. The number of benzene rings is 1. The van der Waals surface area contributed by atoms with Gasteiger partial charge < -0.3 is 5.32 Å². The van der Waals surface area contributed by atoms with Gasteiger partial charge in [-0.25, -0.2) is 8.78 Å². The zero-order valence-electron chi connectivity index (χ0n) is 13.0. The van der Waals surface area contributed by atoms with E-state index in [9.17, 15) is 8.78 Å². The summed E-state index contributed by atoms with van der Waals surface area (Å²) in [6, 6.07) is 2.88. The molecule has 0 aliphatic heterocycles.